The Kier molecular flexibility index (Phi) is 3.96. The number of oxime groups is 1. The average Bonchev–Trinajstić information content (AvgIpc) is 3.15. The first-order valence-corrected chi connectivity index (χ1v) is 7.11. The van der Waals surface area contributed by atoms with E-state index in [0.29, 0.717) is 41.7 Å². The van der Waals surface area contributed by atoms with E-state index in [2.05, 4.69) is 5.16 Å². The van der Waals surface area contributed by atoms with Crippen LogP contribution < -0.4 is 18.9 Å². The molecule has 1 aromatic carbocycles. The van der Waals surface area contributed by atoms with Gasteiger partial charge in [0.05, 0.1) is 25.8 Å². The molecule has 0 radical (unpaired) electrons. The SMILES string of the molecule is COc1cc(CC2CC(CCl)=NO2)c(OC)c2c1OCO2. The van der Waals surface area contributed by atoms with E-state index in [1.165, 1.54) is 0 Å². The molecule has 0 fully saturated rings. The summed E-state index contributed by atoms with van der Waals surface area (Å²) >= 11 is 5.77. The van der Waals surface area contributed by atoms with Gasteiger partial charge in [0.25, 0.3) is 0 Å². The maximum Gasteiger partial charge on any atom is 0.231 e. The Morgan fingerprint density at radius 1 is 1.29 bits per heavy atom. The van der Waals surface area contributed by atoms with Crippen LogP contribution in [-0.4, -0.2) is 38.7 Å². The van der Waals surface area contributed by atoms with E-state index in [-0.39, 0.29) is 12.9 Å². The van der Waals surface area contributed by atoms with Crippen LogP contribution in [0.25, 0.3) is 0 Å². The minimum Gasteiger partial charge on any atom is -0.493 e. The van der Waals surface area contributed by atoms with Crippen molar-refractivity contribution in [3.63, 3.8) is 0 Å². The van der Waals surface area contributed by atoms with Gasteiger partial charge in [-0.2, -0.15) is 0 Å². The molecule has 1 atom stereocenters. The predicted octanol–water partition coefficient (Wildman–Crippen LogP) is 2.36. The van der Waals surface area contributed by atoms with Crippen molar-refractivity contribution in [3.8, 4) is 23.0 Å². The Morgan fingerprint density at radius 2 is 2.10 bits per heavy atom. The highest BCUT2D eigenvalue weighted by molar-refractivity contribution is 6.28. The summed E-state index contributed by atoms with van der Waals surface area (Å²) in [6.45, 7) is 0.158. The number of halogens is 1. The van der Waals surface area contributed by atoms with Crippen LogP contribution in [0.15, 0.2) is 11.2 Å². The number of alkyl halides is 1. The van der Waals surface area contributed by atoms with E-state index in [0.717, 1.165) is 11.3 Å². The lowest BCUT2D eigenvalue weighted by Crippen LogP contribution is -2.13. The van der Waals surface area contributed by atoms with Crippen LogP contribution in [0.1, 0.15) is 12.0 Å². The third kappa shape index (κ3) is 2.55. The van der Waals surface area contributed by atoms with Gasteiger partial charge in [0, 0.05) is 18.4 Å². The summed E-state index contributed by atoms with van der Waals surface area (Å²) in [6, 6.07) is 1.88. The Bertz CT molecular complexity index is 575. The second kappa shape index (κ2) is 5.89. The number of fused-ring (bicyclic) bond motifs is 1. The lowest BCUT2D eigenvalue weighted by molar-refractivity contribution is 0.0853. The van der Waals surface area contributed by atoms with E-state index >= 15 is 0 Å². The zero-order valence-electron chi connectivity index (χ0n) is 11.8. The highest BCUT2D eigenvalue weighted by Gasteiger charge is 2.29. The van der Waals surface area contributed by atoms with Gasteiger partial charge in [-0.3, -0.25) is 0 Å². The van der Waals surface area contributed by atoms with Crippen molar-refractivity contribution < 1.29 is 23.8 Å². The topological polar surface area (TPSA) is 58.5 Å². The van der Waals surface area contributed by atoms with Crippen molar-refractivity contribution in [2.45, 2.75) is 18.9 Å². The number of ether oxygens (including phenoxy) is 4. The van der Waals surface area contributed by atoms with E-state index in [9.17, 15) is 0 Å². The van der Waals surface area contributed by atoms with Crippen LogP contribution in [0.2, 0.25) is 0 Å². The monoisotopic (exact) mass is 313 g/mol. The summed E-state index contributed by atoms with van der Waals surface area (Å²) in [7, 11) is 3.19. The number of hydrogen-bond donors (Lipinski definition) is 0. The number of methoxy groups -OCH3 is 2. The number of rotatable bonds is 5. The largest absolute Gasteiger partial charge is 0.493 e. The van der Waals surface area contributed by atoms with Gasteiger partial charge in [0.2, 0.25) is 18.3 Å². The molecule has 0 spiro atoms. The summed E-state index contributed by atoms with van der Waals surface area (Å²) in [5, 5.41) is 3.96. The molecule has 21 heavy (non-hydrogen) atoms. The molecule has 0 N–H and O–H groups in total. The molecule has 0 saturated heterocycles. The molecule has 0 amide bonds. The molecular weight excluding hydrogens is 298 g/mol. The second-order valence-electron chi connectivity index (χ2n) is 4.76. The molecule has 1 aromatic rings. The van der Waals surface area contributed by atoms with Crippen LogP contribution in [0.4, 0.5) is 0 Å². The fourth-order valence-electron chi connectivity index (χ4n) is 2.51. The third-order valence-electron chi connectivity index (χ3n) is 3.46. The quantitative estimate of drug-likeness (QED) is 0.781. The van der Waals surface area contributed by atoms with E-state index < -0.39 is 0 Å². The highest BCUT2D eigenvalue weighted by Crippen LogP contribution is 2.49. The number of benzene rings is 1. The number of nitrogens with zero attached hydrogens (tertiary/aromatic N) is 1. The van der Waals surface area contributed by atoms with Crippen LogP contribution in [-0.2, 0) is 11.3 Å². The van der Waals surface area contributed by atoms with E-state index in [1.807, 2.05) is 6.07 Å². The van der Waals surface area contributed by atoms with Crippen LogP contribution >= 0.6 is 11.6 Å². The third-order valence-corrected chi connectivity index (χ3v) is 3.77. The average molecular weight is 314 g/mol. The maximum atomic E-state index is 5.77. The lowest BCUT2D eigenvalue weighted by Gasteiger charge is -2.15. The highest BCUT2D eigenvalue weighted by atomic mass is 35.5. The van der Waals surface area contributed by atoms with Crippen LogP contribution in [0.3, 0.4) is 0 Å². The molecule has 1 unspecified atom stereocenters. The molecule has 2 aliphatic rings. The van der Waals surface area contributed by atoms with Gasteiger partial charge in [-0.1, -0.05) is 5.16 Å². The van der Waals surface area contributed by atoms with Gasteiger partial charge in [0.1, 0.15) is 6.10 Å². The smallest absolute Gasteiger partial charge is 0.231 e. The molecule has 7 heteroatoms. The lowest BCUT2D eigenvalue weighted by atomic mass is 10.0. The second-order valence-corrected chi connectivity index (χ2v) is 5.03. The Morgan fingerprint density at radius 3 is 2.76 bits per heavy atom. The molecule has 114 valence electrons. The first-order chi connectivity index (χ1) is 10.3. The minimum atomic E-state index is -0.0577. The zero-order valence-corrected chi connectivity index (χ0v) is 12.6. The van der Waals surface area contributed by atoms with Crippen molar-refractivity contribution in [2.24, 2.45) is 5.16 Å². The van der Waals surface area contributed by atoms with Gasteiger partial charge in [-0.05, 0) is 6.07 Å². The summed E-state index contributed by atoms with van der Waals surface area (Å²) in [5.74, 6) is 2.80. The maximum absolute atomic E-state index is 5.77. The van der Waals surface area contributed by atoms with E-state index in [4.69, 9.17) is 35.4 Å². The summed E-state index contributed by atoms with van der Waals surface area (Å²) in [5.41, 5.74) is 1.78. The van der Waals surface area contributed by atoms with Crippen molar-refractivity contribution in [1.82, 2.24) is 0 Å². The minimum absolute atomic E-state index is 0.0577. The Labute approximate surface area is 127 Å². The molecule has 2 aliphatic heterocycles. The normalized spacial score (nSPS) is 19.2. The molecule has 0 aliphatic carbocycles. The predicted molar refractivity (Wildman–Crippen MR) is 77.0 cm³/mol. The number of hydrogen-bond acceptors (Lipinski definition) is 6. The molecule has 0 bridgehead atoms. The molecule has 0 saturated carbocycles. The Balaban J connectivity index is 1.88. The summed E-state index contributed by atoms with van der Waals surface area (Å²) in [6.07, 6.45) is 1.28. The Hall–Kier alpha value is -1.82. The molecule has 6 nitrogen and oxygen atoms in total. The van der Waals surface area contributed by atoms with Gasteiger partial charge in [0.15, 0.2) is 11.5 Å². The van der Waals surface area contributed by atoms with Gasteiger partial charge >= 0.3 is 0 Å². The molecule has 3 rings (SSSR count). The summed E-state index contributed by atoms with van der Waals surface area (Å²) in [4.78, 5) is 5.39. The van der Waals surface area contributed by atoms with Crippen molar-refractivity contribution >= 4 is 17.3 Å². The first kappa shape index (κ1) is 14.1. The van der Waals surface area contributed by atoms with Crippen molar-refractivity contribution in [2.75, 3.05) is 26.9 Å². The standard InChI is InChI=1S/C14H16ClNO5/c1-17-11-4-8(3-10-5-9(6-15)16-21-10)12(18-2)14-13(11)19-7-20-14/h4,10H,3,5-7H2,1-2H3. The van der Waals surface area contributed by atoms with Crippen molar-refractivity contribution in [1.29, 1.82) is 0 Å². The van der Waals surface area contributed by atoms with E-state index in [1.54, 1.807) is 14.2 Å². The van der Waals surface area contributed by atoms with Gasteiger partial charge < -0.3 is 23.8 Å². The van der Waals surface area contributed by atoms with Gasteiger partial charge in [-0.15, -0.1) is 11.6 Å². The zero-order chi connectivity index (χ0) is 14.8. The fraction of sp³-hybridized carbons (Fsp3) is 0.500. The summed E-state index contributed by atoms with van der Waals surface area (Å²) < 4.78 is 21.7. The van der Waals surface area contributed by atoms with Crippen molar-refractivity contribution in [3.05, 3.63) is 11.6 Å². The molecule has 0 aromatic heterocycles. The molecule has 2 heterocycles. The first-order valence-electron chi connectivity index (χ1n) is 6.57. The van der Waals surface area contributed by atoms with Crippen LogP contribution in [0, 0.1) is 0 Å². The van der Waals surface area contributed by atoms with Crippen LogP contribution in [0.5, 0.6) is 23.0 Å². The fourth-order valence-corrected chi connectivity index (χ4v) is 2.67. The van der Waals surface area contributed by atoms with Gasteiger partial charge in [-0.25, -0.2) is 0 Å². The molecular formula is C14H16ClNO5.